The van der Waals surface area contributed by atoms with Gasteiger partial charge in [-0.25, -0.2) is 14.8 Å². The van der Waals surface area contributed by atoms with Gasteiger partial charge in [-0.05, 0) is 37.0 Å². The standard InChI is InChI=1S/C24H31N3O7S/c1-15(2)10-19-11-21(8-9-27(19)24(28)29)34-23-16(3)22(25-14-26-23)33-20-6-4-17(5-7-20)18-12-31-35(30)32-13-18/h4-7,14-15,18-19,21H,8-13H2,1-3H3,(H,28,29)/t18?,19-,21+,35?/m1/s1. The Morgan fingerprint density at radius 3 is 2.54 bits per heavy atom. The fraction of sp³-hybridized carbons (Fsp3) is 0.542. The molecule has 2 aromatic rings. The molecule has 2 aliphatic heterocycles. The summed E-state index contributed by atoms with van der Waals surface area (Å²) in [5.74, 6) is 1.83. The molecule has 35 heavy (non-hydrogen) atoms. The zero-order chi connectivity index (χ0) is 24.9. The molecule has 2 saturated heterocycles. The molecule has 2 atom stereocenters. The van der Waals surface area contributed by atoms with E-state index in [9.17, 15) is 14.1 Å². The van der Waals surface area contributed by atoms with E-state index >= 15 is 0 Å². The summed E-state index contributed by atoms with van der Waals surface area (Å²) in [6, 6.07) is 7.42. The number of benzene rings is 1. The van der Waals surface area contributed by atoms with Crippen molar-refractivity contribution < 1.29 is 31.9 Å². The van der Waals surface area contributed by atoms with Crippen molar-refractivity contribution in [2.75, 3.05) is 19.8 Å². The molecule has 11 heteroatoms. The first kappa shape index (κ1) is 25.3. The molecule has 0 radical (unpaired) electrons. The maximum absolute atomic E-state index is 11.6. The van der Waals surface area contributed by atoms with Crippen molar-refractivity contribution >= 4 is 17.5 Å². The molecular formula is C24H31N3O7S. The first-order valence-corrected chi connectivity index (χ1v) is 12.7. The lowest BCUT2D eigenvalue weighted by atomic mass is 9.92. The summed E-state index contributed by atoms with van der Waals surface area (Å²) in [7, 11) is 0. The van der Waals surface area contributed by atoms with Gasteiger partial charge in [0.25, 0.3) is 0 Å². The number of nitrogens with zero attached hydrogens (tertiary/aromatic N) is 3. The predicted octanol–water partition coefficient (Wildman–Crippen LogP) is 4.22. The minimum absolute atomic E-state index is 0.00889. The van der Waals surface area contributed by atoms with Crippen molar-refractivity contribution in [2.45, 2.75) is 58.1 Å². The quantitative estimate of drug-likeness (QED) is 0.589. The van der Waals surface area contributed by atoms with Crippen molar-refractivity contribution in [3.63, 3.8) is 0 Å². The van der Waals surface area contributed by atoms with Gasteiger partial charge in [-0.15, -0.1) is 0 Å². The number of piperidine rings is 1. The van der Waals surface area contributed by atoms with Crippen LogP contribution in [0, 0.1) is 12.8 Å². The Labute approximate surface area is 207 Å². The number of carbonyl (C=O) groups is 1. The minimum atomic E-state index is -1.66. The molecule has 3 heterocycles. The van der Waals surface area contributed by atoms with Gasteiger partial charge >= 0.3 is 17.5 Å². The van der Waals surface area contributed by atoms with E-state index in [1.807, 2.05) is 31.2 Å². The lowest BCUT2D eigenvalue weighted by Gasteiger charge is -2.38. The predicted molar refractivity (Wildman–Crippen MR) is 128 cm³/mol. The van der Waals surface area contributed by atoms with Crippen LogP contribution in [0.15, 0.2) is 30.6 Å². The second-order valence-electron chi connectivity index (χ2n) is 9.27. The summed E-state index contributed by atoms with van der Waals surface area (Å²) in [4.78, 5) is 21.7. The fourth-order valence-corrected chi connectivity index (χ4v) is 5.03. The van der Waals surface area contributed by atoms with Crippen LogP contribution in [0.25, 0.3) is 0 Å². The molecule has 1 aromatic carbocycles. The van der Waals surface area contributed by atoms with E-state index in [-0.39, 0.29) is 18.1 Å². The molecule has 2 aliphatic rings. The van der Waals surface area contributed by atoms with Gasteiger partial charge in [-0.3, -0.25) is 8.37 Å². The summed E-state index contributed by atoms with van der Waals surface area (Å²) >= 11 is -1.66. The van der Waals surface area contributed by atoms with Gasteiger partial charge in [0, 0.05) is 31.3 Å². The van der Waals surface area contributed by atoms with Gasteiger partial charge in [-0.2, -0.15) is 4.21 Å². The van der Waals surface area contributed by atoms with Gasteiger partial charge in [0.1, 0.15) is 18.2 Å². The molecule has 0 unspecified atom stereocenters. The Bertz CT molecular complexity index is 1040. The number of aromatic nitrogens is 2. The summed E-state index contributed by atoms with van der Waals surface area (Å²) in [5.41, 5.74) is 1.68. The summed E-state index contributed by atoms with van der Waals surface area (Å²) in [6.07, 6.45) is 2.39. The van der Waals surface area contributed by atoms with E-state index in [0.29, 0.717) is 61.6 Å². The highest BCUT2D eigenvalue weighted by Gasteiger charge is 2.33. The average Bonchev–Trinajstić information content (AvgIpc) is 2.82. The number of hydrogen-bond acceptors (Lipinski definition) is 8. The minimum Gasteiger partial charge on any atom is -0.474 e. The molecular weight excluding hydrogens is 474 g/mol. The van der Waals surface area contributed by atoms with Crippen molar-refractivity contribution in [2.24, 2.45) is 5.92 Å². The number of ether oxygens (including phenoxy) is 2. The first-order valence-electron chi connectivity index (χ1n) is 11.7. The maximum Gasteiger partial charge on any atom is 0.407 e. The molecule has 2 fully saturated rings. The van der Waals surface area contributed by atoms with E-state index in [1.165, 1.54) is 11.2 Å². The normalized spacial score (nSPS) is 24.9. The molecule has 190 valence electrons. The number of likely N-dealkylation sites (tertiary alicyclic amines) is 1. The lowest BCUT2D eigenvalue weighted by molar-refractivity contribution is 0.0450. The van der Waals surface area contributed by atoms with E-state index in [4.69, 9.17) is 17.8 Å². The first-order chi connectivity index (χ1) is 16.8. The molecule has 1 aromatic heterocycles. The van der Waals surface area contributed by atoms with Gasteiger partial charge in [0.2, 0.25) is 11.8 Å². The Morgan fingerprint density at radius 2 is 1.89 bits per heavy atom. The van der Waals surface area contributed by atoms with Crippen LogP contribution in [0.5, 0.6) is 17.5 Å². The van der Waals surface area contributed by atoms with E-state index in [2.05, 4.69) is 23.8 Å². The van der Waals surface area contributed by atoms with Gasteiger partial charge < -0.3 is 19.5 Å². The summed E-state index contributed by atoms with van der Waals surface area (Å²) < 4.78 is 33.5. The second-order valence-corrected chi connectivity index (χ2v) is 10.2. The summed E-state index contributed by atoms with van der Waals surface area (Å²) in [5, 5.41) is 9.54. The number of carboxylic acid groups (broad SMARTS) is 1. The molecule has 0 aliphatic carbocycles. The van der Waals surface area contributed by atoms with Crippen LogP contribution < -0.4 is 9.47 Å². The zero-order valence-electron chi connectivity index (χ0n) is 20.1. The number of hydrogen-bond donors (Lipinski definition) is 1. The lowest BCUT2D eigenvalue weighted by Crippen LogP contribution is -2.48. The Balaban J connectivity index is 1.40. The highest BCUT2D eigenvalue weighted by atomic mass is 32.2. The number of amides is 1. The van der Waals surface area contributed by atoms with E-state index < -0.39 is 17.5 Å². The molecule has 4 rings (SSSR count). The second kappa shape index (κ2) is 11.3. The van der Waals surface area contributed by atoms with Gasteiger partial charge in [-0.1, -0.05) is 26.0 Å². The van der Waals surface area contributed by atoms with Crippen LogP contribution in [0.3, 0.4) is 0 Å². The van der Waals surface area contributed by atoms with Crippen LogP contribution in [-0.4, -0.2) is 62.2 Å². The van der Waals surface area contributed by atoms with Crippen LogP contribution in [0.2, 0.25) is 0 Å². The van der Waals surface area contributed by atoms with Gasteiger partial charge in [0.15, 0.2) is 0 Å². The van der Waals surface area contributed by atoms with Crippen LogP contribution in [-0.2, 0) is 19.7 Å². The van der Waals surface area contributed by atoms with Crippen LogP contribution in [0.1, 0.15) is 50.2 Å². The third-order valence-electron chi connectivity index (χ3n) is 6.22. The monoisotopic (exact) mass is 505 g/mol. The molecule has 0 saturated carbocycles. The highest BCUT2D eigenvalue weighted by molar-refractivity contribution is 7.75. The average molecular weight is 506 g/mol. The molecule has 1 amide bonds. The summed E-state index contributed by atoms with van der Waals surface area (Å²) in [6.45, 7) is 7.13. The largest absolute Gasteiger partial charge is 0.474 e. The third kappa shape index (κ3) is 6.47. The van der Waals surface area contributed by atoms with E-state index in [0.717, 1.165) is 12.0 Å². The topological polar surface area (TPSA) is 120 Å². The van der Waals surface area contributed by atoms with Gasteiger partial charge in [0.05, 0.1) is 18.8 Å². The van der Waals surface area contributed by atoms with Crippen LogP contribution >= 0.6 is 0 Å². The molecule has 0 spiro atoms. The SMILES string of the molecule is Cc1c(Oc2ccc(C3COS(=O)OC3)cc2)ncnc1O[C@H]1CCN(C(=O)O)[C@H](CC(C)C)C1. The van der Waals surface area contributed by atoms with Crippen LogP contribution in [0.4, 0.5) is 4.79 Å². The third-order valence-corrected chi connectivity index (χ3v) is 6.88. The Kier molecular flexibility index (Phi) is 8.19. The van der Waals surface area contributed by atoms with E-state index in [1.54, 1.807) is 0 Å². The number of rotatable bonds is 7. The highest BCUT2D eigenvalue weighted by Crippen LogP contribution is 2.32. The van der Waals surface area contributed by atoms with Crippen molar-refractivity contribution in [1.29, 1.82) is 0 Å². The van der Waals surface area contributed by atoms with Crippen molar-refractivity contribution in [3.05, 3.63) is 41.7 Å². The maximum atomic E-state index is 11.6. The molecule has 10 nitrogen and oxygen atoms in total. The Morgan fingerprint density at radius 1 is 1.20 bits per heavy atom. The fourth-order valence-electron chi connectivity index (χ4n) is 4.41. The van der Waals surface area contributed by atoms with Crippen molar-refractivity contribution in [1.82, 2.24) is 14.9 Å². The molecule has 1 N–H and O–H groups in total. The van der Waals surface area contributed by atoms with Crippen molar-refractivity contribution in [3.8, 4) is 17.5 Å². The smallest absolute Gasteiger partial charge is 0.407 e. The molecule has 0 bridgehead atoms. The Hall–Kier alpha value is -2.76. The zero-order valence-corrected chi connectivity index (χ0v) is 20.9.